The highest BCUT2D eigenvalue weighted by atomic mass is 32.2. The first-order chi connectivity index (χ1) is 17.1. The molecule has 3 rings (SSSR count). The van der Waals surface area contributed by atoms with Gasteiger partial charge in [0.05, 0.1) is 15.2 Å². The van der Waals surface area contributed by atoms with Crippen LogP contribution in [0.2, 0.25) is 0 Å². The van der Waals surface area contributed by atoms with Crippen molar-refractivity contribution >= 4 is 43.4 Å². The van der Waals surface area contributed by atoms with E-state index in [1.54, 1.807) is 12.2 Å². The van der Waals surface area contributed by atoms with Crippen molar-refractivity contribution in [1.82, 2.24) is 20.3 Å². The van der Waals surface area contributed by atoms with E-state index in [0.717, 1.165) is 47.3 Å². The predicted molar refractivity (Wildman–Crippen MR) is 144 cm³/mol. The quantitative estimate of drug-likeness (QED) is 0.383. The smallest absolute Gasteiger partial charge is 0.280 e. The maximum absolute atomic E-state index is 13.4. The van der Waals surface area contributed by atoms with E-state index in [2.05, 4.69) is 41.3 Å². The zero-order valence-corrected chi connectivity index (χ0v) is 22.8. The molecule has 2 amide bonds. The van der Waals surface area contributed by atoms with E-state index in [0.29, 0.717) is 5.92 Å². The Labute approximate surface area is 218 Å². The van der Waals surface area contributed by atoms with E-state index in [9.17, 15) is 18.0 Å². The minimum absolute atomic E-state index is 0.0104. The molecular formula is C26H36N4O4S2. The molecule has 36 heavy (non-hydrogen) atoms. The molecule has 2 atom stereocenters. The molecule has 0 aliphatic heterocycles. The van der Waals surface area contributed by atoms with Crippen LogP contribution in [0.1, 0.15) is 75.8 Å². The Morgan fingerprint density at radius 3 is 2.56 bits per heavy atom. The lowest BCUT2D eigenvalue weighted by Gasteiger charge is -2.32. The van der Waals surface area contributed by atoms with Gasteiger partial charge in [0.15, 0.2) is 0 Å². The molecule has 0 unspecified atom stereocenters. The van der Waals surface area contributed by atoms with Crippen molar-refractivity contribution in [3.63, 3.8) is 0 Å². The largest absolute Gasteiger partial charge is 0.350 e. The number of rotatable bonds is 11. The summed E-state index contributed by atoms with van der Waals surface area (Å²) < 4.78 is 27.2. The second-order valence-corrected chi connectivity index (χ2v) is 12.3. The van der Waals surface area contributed by atoms with E-state index in [4.69, 9.17) is 11.4 Å². The zero-order chi connectivity index (χ0) is 26.3. The number of nitrogens with one attached hydrogen (secondary N) is 3. The number of fused-ring (bicyclic) bond motifs is 1. The molecular weight excluding hydrogens is 496 g/mol. The Balaban J connectivity index is 1.80. The van der Waals surface area contributed by atoms with Crippen LogP contribution in [-0.2, 0) is 26.0 Å². The summed E-state index contributed by atoms with van der Waals surface area (Å²) in [5.74, 6) is -0.0662. The molecule has 8 nitrogen and oxygen atoms in total. The standard InChI is InChI=1S/C26H36N4O4S2/c1-5-24(31)28-21(15-25-29-20-13-12-19(17(3)4)14-23(20)35-25)26(32)30-22(16-27-36(33,34)6-2)18-10-8-7-9-11-18/h2,12-14,17-18,21-22,27H,5,7-11,15-16H2,1,3-4H3,(H,28,31)(H,30,32)/t21-,22+/m0/s1. The molecule has 0 spiro atoms. The summed E-state index contributed by atoms with van der Waals surface area (Å²) in [6.07, 6.45) is 10.6. The first-order valence-electron chi connectivity index (χ1n) is 12.6. The summed E-state index contributed by atoms with van der Waals surface area (Å²) in [6, 6.07) is 4.92. The molecule has 0 radical (unpaired) electrons. The maximum Gasteiger partial charge on any atom is 0.280 e. The highest BCUT2D eigenvalue weighted by Gasteiger charge is 2.30. The highest BCUT2D eigenvalue weighted by Crippen LogP contribution is 2.28. The van der Waals surface area contributed by atoms with Crippen molar-refractivity contribution in [2.75, 3.05) is 6.54 Å². The van der Waals surface area contributed by atoms with Gasteiger partial charge >= 0.3 is 0 Å². The van der Waals surface area contributed by atoms with E-state index in [1.807, 2.05) is 6.07 Å². The number of nitrogens with zero attached hydrogens (tertiary/aromatic N) is 1. The summed E-state index contributed by atoms with van der Waals surface area (Å²) in [6.45, 7) is 6.01. The Morgan fingerprint density at radius 2 is 1.92 bits per heavy atom. The fraction of sp³-hybridized carbons (Fsp3) is 0.577. The number of thiazole rings is 1. The van der Waals surface area contributed by atoms with Crippen LogP contribution in [0, 0.1) is 17.6 Å². The number of sulfonamides is 1. The van der Waals surface area contributed by atoms with Crippen LogP contribution in [0.15, 0.2) is 18.2 Å². The fourth-order valence-electron chi connectivity index (χ4n) is 4.51. The second-order valence-electron chi connectivity index (χ2n) is 9.65. The van der Waals surface area contributed by atoms with Gasteiger partial charge in [-0.25, -0.2) is 9.71 Å². The average Bonchev–Trinajstić information content (AvgIpc) is 3.28. The predicted octanol–water partition coefficient (Wildman–Crippen LogP) is 3.43. The van der Waals surface area contributed by atoms with Gasteiger partial charge in [0.25, 0.3) is 10.0 Å². The third kappa shape index (κ3) is 7.76. The third-order valence-electron chi connectivity index (χ3n) is 6.67. The van der Waals surface area contributed by atoms with Gasteiger partial charge in [-0.1, -0.05) is 46.1 Å². The Kier molecular flexibility index (Phi) is 9.88. The van der Waals surface area contributed by atoms with Gasteiger partial charge in [0.1, 0.15) is 6.04 Å². The molecule has 1 saturated carbocycles. The second kappa shape index (κ2) is 12.7. The molecule has 3 N–H and O–H groups in total. The van der Waals surface area contributed by atoms with Gasteiger partial charge < -0.3 is 10.6 Å². The monoisotopic (exact) mass is 532 g/mol. The van der Waals surface area contributed by atoms with Gasteiger partial charge in [-0.05, 0) is 42.4 Å². The number of hydrogen-bond acceptors (Lipinski definition) is 6. The molecule has 10 heteroatoms. The number of carbonyl (C=O) groups excluding carboxylic acids is 2. The molecule has 1 heterocycles. The van der Waals surface area contributed by atoms with Crippen molar-refractivity contribution in [3.8, 4) is 11.7 Å². The van der Waals surface area contributed by atoms with E-state index >= 15 is 0 Å². The van der Waals surface area contributed by atoms with Crippen LogP contribution >= 0.6 is 11.3 Å². The van der Waals surface area contributed by atoms with Gasteiger partial charge in [0.2, 0.25) is 11.8 Å². The lowest BCUT2D eigenvalue weighted by Crippen LogP contribution is -2.55. The van der Waals surface area contributed by atoms with Crippen LogP contribution in [0.4, 0.5) is 0 Å². The molecule has 0 bridgehead atoms. The lowest BCUT2D eigenvalue weighted by molar-refractivity contribution is -0.129. The summed E-state index contributed by atoms with van der Waals surface area (Å²) in [7, 11) is -3.86. The molecule has 2 aromatic rings. The molecule has 196 valence electrons. The number of amides is 2. The van der Waals surface area contributed by atoms with E-state index in [-0.39, 0.29) is 37.1 Å². The van der Waals surface area contributed by atoms with E-state index in [1.165, 1.54) is 16.9 Å². The summed E-state index contributed by atoms with van der Waals surface area (Å²) >= 11 is 1.52. The minimum Gasteiger partial charge on any atom is -0.350 e. The van der Waals surface area contributed by atoms with Crippen LogP contribution in [-0.4, -0.2) is 43.8 Å². The topological polar surface area (TPSA) is 117 Å². The maximum atomic E-state index is 13.4. The molecule has 1 aromatic carbocycles. The van der Waals surface area contributed by atoms with E-state index < -0.39 is 22.1 Å². The van der Waals surface area contributed by atoms with Crippen molar-refractivity contribution < 1.29 is 18.0 Å². The Bertz CT molecular complexity index is 1210. The van der Waals surface area contributed by atoms with Crippen molar-refractivity contribution in [2.45, 2.75) is 83.7 Å². The first-order valence-corrected chi connectivity index (χ1v) is 14.9. The molecule has 1 aliphatic rings. The average molecular weight is 533 g/mol. The molecule has 0 saturated heterocycles. The van der Waals surface area contributed by atoms with Crippen LogP contribution < -0.4 is 15.4 Å². The number of carbonyl (C=O) groups is 2. The summed E-state index contributed by atoms with van der Waals surface area (Å²) in [4.78, 5) is 30.4. The zero-order valence-electron chi connectivity index (χ0n) is 21.2. The van der Waals surface area contributed by atoms with Crippen LogP contribution in [0.25, 0.3) is 10.2 Å². The number of hydrogen-bond donors (Lipinski definition) is 3. The third-order valence-corrected chi connectivity index (χ3v) is 8.57. The normalized spacial score (nSPS) is 16.4. The Morgan fingerprint density at radius 1 is 1.19 bits per heavy atom. The van der Waals surface area contributed by atoms with Gasteiger partial charge in [0, 0.05) is 30.7 Å². The number of benzene rings is 1. The van der Waals surface area contributed by atoms with Gasteiger partial charge in [-0.15, -0.1) is 17.8 Å². The van der Waals surface area contributed by atoms with Crippen LogP contribution in [0.3, 0.4) is 0 Å². The lowest BCUT2D eigenvalue weighted by atomic mass is 9.83. The van der Waals surface area contributed by atoms with Gasteiger partial charge in [-0.3, -0.25) is 9.59 Å². The Hall–Kier alpha value is -2.48. The number of terminal acetylenes is 1. The van der Waals surface area contributed by atoms with Crippen molar-refractivity contribution in [2.24, 2.45) is 5.92 Å². The van der Waals surface area contributed by atoms with Crippen LogP contribution in [0.5, 0.6) is 0 Å². The molecule has 1 aromatic heterocycles. The first kappa shape index (κ1) is 28.1. The number of aromatic nitrogens is 1. The fourth-order valence-corrected chi connectivity index (χ4v) is 6.06. The highest BCUT2D eigenvalue weighted by molar-refractivity contribution is 7.94. The molecule has 1 fully saturated rings. The summed E-state index contributed by atoms with van der Waals surface area (Å²) in [5.41, 5.74) is 2.08. The van der Waals surface area contributed by atoms with Gasteiger partial charge in [-0.2, -0.15) is 8.42 Å². The minimum atomic E-state index is -3.86. The van der Waals surface area contributed by atoms with Crippen molar-refractivity contribution in [3.05, 3.63) is 28.8 Å². The SMILES string of the molecule is C#CS(=O)(=O)NC[C@@H](NC(=O)[C@H](Cc1nc2ccc(C(C)C)cc2s1)NC(=O)CC)C1CCCCC1. The molecule has 1 aliphatic carbocycles. The van der Waals surface area contributed by atoms with Crippen molar-refractivity contribution in [1.29, 1.82) is 0 Å². The summed E-state index contributed by atoms with van der Waals surface area (Å²) in [5, 5.41) is 8.35.